The molecule has 0 spiro atoms. The van der Waals surface area contributed by atoms with Crippen LogP contribution in [0.3, 0.4) is 0 Å². The van der Waals surface area contributed by atoms with Crippen LogP contribution in [0.2, 0.25) is 0 Å². The lowest BCUT2D eigenvalue weighted by Gasteiger charge is -2.40. The molecule has 2 aromatic heterocycles. The van der Waals surface area contributed by atoms with Crippen LogP contribution in [0.4, 0.5) is 10.2 Å². The minimum atomic E-state index is -0.570. The maximum atomic E-state index is 13.9. The van der Waals surface area contributed by atoms with Crippen LogP contribution in [0, 0.1) is 5.82 Å². The first-order valence-corrected chi connectivity index (χ1v) is 11.0. The average molecular weight is 411 g/mol. The van der Waals surface area contributed by atoms with E-state index in [-0.39, 0.29) is 11.7 Å². The van der Waals surface area contributed by atoms with Gasteiger partial charge in [0, 0.05) is 26.2 Å². The third-order valence-electron chi connectivity index (χ3n) is 6.35. The first-order chi connectivity index (χ1) is 14.2. The van der Waals surface area contributed by atoms with Crippen molar-refractivity contribution in [2.24, 2.45) is 0 Å². The van der Waals surface area contributed by atoms with Crippen molar-refractivity contribution >= 4 is 33.3 Å². The van der Waals surface area contributed by atoms with E-state index in [0.29, 0.717) is 13.1 Å². The molecule has 1 saturated carbocycles. The molecule has 3 heterocycles. The minimum Gasteiger partial charge on any atom is -0.352 e. The third kappa shape index (κ3) is 3.17. The number of fused-ring (bicyclic) bond motifs is 1. The van der Waals surface area contributed by atoms with Crippen molar-refractivity contribution in [2.45, 2.75) is 31.1 Å². The molecule has 0 unspecified atom stereocenters. The van der Waals surface area contributed by atoms with Crippen LogP contribution in [-0.4, -0.2) is 47.0 Å². The van der Waals surface area contributed by atoms with Crippen LogP contribution < -0.4 is 4.90 Å². The van der Waals surface area contributed by atoms with E-state index >= 15 is 0 Å². The number of halogens is 1. The van der Waals surface area contributed by atoms with Gasteiger partial charge in [0.25, 0.3) is 0 Å². The molecule has 29 heavy (non-hydrogen) atoms. The maximum Gasteiger partial charge on any atom is 0.233 e. The molecule has 3 aromatic rings. The summed E-state index contributed by atoms with van der Waals surface area (Å²) in [6, 6.07) is 8.69. The number of anilines is 1. The topological polar surface area (TPSA) is 49.3 Å². The molecular weight excluding hydrogens is 387 g/mol. The predicted octanol–water partition coefficient (Wildman–Crippen LogP) is 3.99. The maximum absolute atomic E-state index is 13.9. The van der Waals surface area contributed by atoms with Crippen molar-refractivity contribution in [2.75, 3.05) is 31.1 Å². The largest absolute Gasteiger partial charge is 0.352 e. The third-order valence-corrected chi connectivity index (χ3v) is 7.17. The second kappa shape index (κ2) is 7.37. The Morgan fingerprint density at radius 1 is 1.07 bits per heavy atom. The van der Waals surface area contributed by atoms with Gasteiger partial charge in [-0.1, -0.05) is 25.0 Å². The van der Waals surface area contributed by atoms with Gasteiger partial charge in [-0.25, -0.2) is 14.4 Å². The summed E-state index contributed by atoms with van der Waals surface area (Å²) >= 11 is 1.61. The van der Waals surface area contributed by atoms with E-state index in [1.54, 1.807) is 29.8 Å². The molecule has 5 nitrogen and oxygen atoms in total. The van der Waals surface area contributed by atoms with Gasteiger partial charge in [-0.05, 0) is 42.0 Å². The van der Waals surface area contributed by atoms with Gasteiger partial charge in [0.1, 0.15) is 22.8 Å². The van der Waals surface area contributed by atoms with Gasteiger partial charge in [-0.15, -0.1) is 11.3 Å². The highest BCUT2D eigenvalue weighted by molar-refractivity contribution is 7.16. The van der Waals surface area contributed by atoms with Crippen molar-refractivity contribution in [1.82, 2.24) is 14.9 Å². The van der Waals surface area contributed by atoms with E-state index < -0.39 is 5.41 Å². The molecule has 2 fully saturated rings. The lowest BCUT2D eigenvalue weighted by atomic mass is 9.77. The fourth-order valence-corrected chi connectivity index (χ4v) is 5.57. The molecule has 2 aliphatic rings. The molecule has 1 aliphatic carbocycles. The Balaban J connectivity index is 1.36. The van der Waals surface area contributed by atoms with Crippen LogP contribution in [0.5, 0.6) is 0 Å². The zero-order valence-electron chi connectivity index (χ0n) is 16.2. The summed E-state index contributed by atoms with van der Waals surface area (Å²) < 4.78 is 13.9. The number of nitrogens with zero attached hydrogens (tertiary/aromatic N) is 4. The Morgan fingerprint density at radius 3 is 2.62 bits per heavy atom. The molecule has 1 aromatic carbocycles. The molecule has 7 heteroatoms. The Hall–Kier alpha value is -2.54. The first-order valence-electron chi connectivity index (χ1n) is 10.2. The molecule has 0 bridgehead atoms. The number of aromatic nitrogens is 2. The normalized spacial score (nSPS) is 19.1. The second-order valence-electron chi connectivity index (χ2n) is 7.92. The van der Waals surface area contributed by atoms with Gasteiger partial charge >= 0.3 is 0 Å². The number of benzene rings is 1. The zero-order valence-corrected chi connectivity index (χ0v) is 17.0. The van der Waals surface area contributed by atoms with E-state index in [1.165, 1.54) is 6.07 Å². The number of rotatable bonds is 3. The number of carbonyl (C=O) groups excluding carboxylic acids is 1. The minimum absolute atomic E-state index is 0.156. The van der Waals surface area contributed by atoms with E-state index in [4.69, 9.17) is 0 Å². The molecular formula is C22H23FN4OS. The van der Waals surface area contributed by atoms with E-state index in [9.17, 15) is 9.18 Å². The summed E-state index contributed by atoms with van der Waals surface area (Å²) in [6.07, 6.45) is 5.25. The summed E-state index contributed by atoms with van der Waals surface area (Å²) in [7, 11) is 0. The lowest BCUT2D eigenvalue weighted by molar-refractivity contribution is -0.137. The van der Waals surface area contributed by atoms with Gasteiger partial charge in [0.05, 0.1) is 10.8 Å². The smallest absolute Gasteiger partial charge is 0.233 e. The number of amides is 1. The van der Waals surface area contributed by atoms with Crippen LogP contribution in [0.1, 0.15) is 31.2 Å². The van der Waals surface area contributed by atoms with Gasteiger partial charge < -0.3 is 9.80 Å². The van der Waals surface area contributed by atoms with Crippen molar-refractivity contribution in [3.63, 3.8) is 0 Å². The highest BCUT2D eigenvalue weighted by atomic mass is 32.1. The quantitative estimate of drug-likeness (QED) is 0.655. The monoisotopic (exact) mass is 410 g/mol. The molecule has 0 atom stereocenters. The fraction of sp³-hybridized carbons (Fsp3) is 0.409. The lowest BCUT2D eigenvalue weighted by Crippen LogP contribution is -2.54. The van der Waals surface area contributed by atoms with Gasteiger partial charge in [0.2, 0.25) is 5.91 Å². The van der Waals surface area contributed by atoms with Gasteiger partial charge in [-0.2, -0.15) is 0 Å². The van der Waals surface area contributed by atoms with Crippen LogP contribution in [0.15, 0.2) is 42.0 Å². The van der Waals surface area contributed by atoms with Gasteiger partial charge in [-0.3, -0.25) is 4.79 Å². The Labute approximate surface area is 173 Å². The SMILES string of the molecule is O=C(N1CCN(c2ncnc3sccc23)CC1)C1(c2cccc(F)c2)CCCC1. The molecule has 1 saturated heterocycles. The molecule has 0 radical (unpaired) electrons. The molecule has 5 rings (SSSR count). The van der Waals surface area contributed by atoms with E-state index in [2.05, 4.69) is 20.9 Å². The fourth-order valence-electron chi connectivity index (χ4n) is 4.84. The number of piperazine rings is 1. The predicted molar refractivity (Wildman–Crippen MR) is 113 cm³/mol. The van der Waals surface area contributed by atoms with Crippen LogP contribution in [0.25, 0.3) is 10.2 Å². The zero-order chi connectivity index (χ0) is 19.8. The summed E-state index contributed by atoms with van der Waals surface area (Å²) in [4.78, 5) is 27.6. The standard InChI is InChI=1S/C22H23FN4OS/c23-17-5-3-4-16(14-17)22(7-1-2-8-22)21(28)27-11-9-26(10-12-27)19-18-6-13-29-20(18)25-15-24-19/h3-6,13-15H,1-2,7-12H2. The van der Waals surface area contributed by atoms with Gasteiger partial charge in [0.15, 0.2) is 0 Å². The number of hydrogen-bond donors (Lipinski definition) is 0. The molecule has 0 N–H and O–H groups in total. The van der Waals surface area contributed by atoms with E-state index in [1.807, 2.05) is 16.3 Å². The summed E-state index contributed by atoms with van der Waals surface area (Å²) in [5.74, 6) is 0.836. The second-order valence-corrected chi connectivity index (χ2v) is 8.81. The number of hydrogen-bond acceptors (Lipinski definition) is 5. The Kier molecular flexibility index (Phi) is 4.70. The van der Waals surface area contributed by atoms with Crippen molar-refractivity contribution in [3.8, 4) is 0 Å². The van der Waals surface area contributed by atoms with Crippen molar-refractivity contribution < 1.29 is 9.18 Å². The summed E-state index contributed by atoms with van der Waals surface area (Å²) in [6.45, 7) is 2.80. The van der Waals surface area contributed by atoms with Crippen LogP contribution in [-0.2, 0) is 10.2 Å². The Morgan fingerprint density at radius 2 is 1.86 bits per heavy atom. The van der Waals surface area contributed by atoms with Crippen LogP contribution >= 0.6 is 11.3 Å². The Bertz CT molecular complexity index is 1040. The summed E-state index contributed by atoms with van der Waals surface area (Å²) in [5.41, 5.74) is 0.262. The average Bonchev–Trinajstić information content (AvgIpc) is 3.43. The highest BCUT2D eigenvalue weighted by Crippen LogP contribution is 2.43. The first kappa shape index (κ1) is 18.5. The number of carbonyl (C=O) groups is 1. The number of thiophene rings is 1. The highest BCUT2D eigenvalue weighted by Gasteiger charge is 2.45. The molecule has 1 aliphatic heterocycles. The van der Waals surface area contributed by atoms with Crippen molar-refractivity contribution in [3.05, 3.63) is 53.4 Å². The summed E-state index contributed by atoms with van der Waals surface area (Å²) in [5, 5.41) is 3.11. The van der Waals surface area contributed by atoms with Crippen molar-refractivity contribution in [1.29, 1.82) is 0 Å². The molecule has 1 amide bonds. The van der Waals surface area contributed by atoms with E-state index in [0.717, 1.165) is 60.4 Å². The molecule has 150 valence electrons.